The number of anilines is 1. The number of hydrogen-bond acceptors (Lipinski definition) is 4. The molecule has 0 aromatic carbocycles. The summed E-state index contributed by atoms with van der Waals surface area (Å²) in [6, 6.07) is 0.691. The van der Waals surface area contributed by atoms with E-state index in [0.717, 1.165) is 26.1 Å². The first-order chi connectivity index (χ1) is 8.90. The highest BCUT2D eigenvalue weighted by Crippen LogP contribution is 2.30. The van der Waals surface area contributed by atoms with E-state index >= 15 is 0 Å². The van der Waals surface area contributed by atoms with Crippen LogP contribution in [0.15, 0.2) is 6.33 Å². The Morgan fingerprint density at radius 3 is 2.94 bits per heavy atom. The van der Waals surface area contributed by atoms with E-state index in [2.05, 4.69) is 27.1 Å². The lowest BCUT2D eigenvalue weighted by atomic mass is 10.1. The van der Waals surface area contributed by atoms with Crippen molar-refractivity contribution >= 4 is 5.82 Å². The molecule has 0 unspecified atom stereocenters. The molecule has 1 fully saturated rings. The molecule has 0 radical (unpaired) electrons. The van der Waals surface area contributed by atoms with E-state index in [1.165, 1.54) is 42.8 Å². The lowest BCUT2D eigenvalue weighted by molar-refractivity contribution is 0.586. The fraction of sp³-hybridized carbons (Fsp3) is 0.714. The summed E-state index contributed by atoms with van der Waals surface area (Å²) in [6.45, 7) is 5.25. The Balaban J connectivity index is 1.93. The molecular weight excluding hydrogens is 224 g/mol. The smallest absolute Gasteiger partial charge is 0.136 e. The van der Waals surface area contributed by atoms with Crippen molar-refractivity contribution in [3.8, 4) is 0 Å². The van der Waals surface area contributed by atoms with Crippen molar-refractivity contribution in [2.75, 3.05) is 18.0 Å². The maximum absolute atomic E-state index is 4.58. The van der Waals surface area contributed by atoms with Gasteiger partial charge >= 0.3 is 0 Å². The third-order valence-electron chi connectivity index (χ3n) is 4.23. The van der Waals surface area contributed by atoms with Gasteiger partial charge in [0.05, 0.1) is 5.69 Å². The van der Waals surface area contributed by atoms with E-state index in [0.29, 0.717) is 6.04 Å². The van der Waals surface area contributed by atoms with Crippen LogP contribution in [0.4, 0.5) is 5.82 Å². The predicted molar refractivity (Wildman–Crippen MR) is 72.7 cm³/mol. The first kappa shape index (κ1) is 11.9. The van der Waals surface area contributed by atoms with Gasteiger partial charge in [0, 0.05) is 37.7 Å². The Morgan fingerprint density at radius 1 is 1.33 bits per heavy atom. The molecule has 0 spiro atoms. The standard InChI is InChI=1S/C14H22N4/c1-2-18(11-5-3-4-6-11)14-12-9-15-8-7-13(12)16-10-17-14/h10-11,15H,2-9H2,1H3. The first-order valence-corrected chi connectivity index (χ1v) is 7.20. The van der Waals surface area contributed by atoms with Crippen molar-refractivity contribution in [1.82, 2.24) is 15.3 Å². The molecule has 98 valence electrons. The zero-order valence-corrected chi connectivity index (χ0v) is 11.2. The highest BCUT2D eigenvalue weighted by molar-refractivity contribution is 5.50. The second-order valence-electron chi connectivity index (χ2n) is 5.27. The number of aromatic nitrogens is 2. The van der Waals surface area contributed by atoms with Crippen LogP contribution in [0.3, 0.4) is 0 Å². The monoisotopic (exact) mass is 246 g/mol. The number of fused-ring (bicyclic) bond motifs is 1. The van der Waals surface area contributed by atoms with Gasteiger partial charge in [0.15, 0.2) is 0 Å². The van der Waals surface area contributed by atoms with Crippen LogP contribution in [0.2, 0.25) is 0 Å². The molecule has 0 bridgehead atoms. The van der Waals surface area contributed by atoms with E-state index in [9.17, 15) is 0 Å². The fourth-order valence-electron chi connectivity index (χ4n) is 3.30. The van der Waals surface area contributed by atoms with Crippen LogP contribution in [0.1, 0.15) is 43.9 Å². The molecule has 4 heteroatoms. The normalized spacial score (nSPS) is 19.8. The van der Waals surface area contributed by atoms with E-state index in [1.807, 2.05) is 0 Å². The minimum absolute atomic E-state index is 0.691. The average Bonchev–Trinajstić information content (AvgIpc) is 2.94. The van der Waals surface area contributed by atoms with Crippen molar-refractivity contribution in [3.63, 3.8) is 0 Å². The number of hydrogen-bond donors (Lipinski definition) is 1. The van der Waals surface area contributed by atoms with Gasteiger partial charge in [-0.2, -0.15) is 0 Å². The maximum Gasteiger partial charge on any atom is 0.136 e. The minimum Gasteiger partial charge on any atom is -0.354 e. The van der Waals surface area contributed by atoms with Crippen LogP contribution in [-0.2, 0) is 13.0 Å². The van der Waals surface area contributed by atoms with Gasteiger partial charge in [-0.05, 0) is 19.8 Å². The topological polar surface area (TPSA) is 41.1 Å². The summed E-state index contributed by atoms with van der Waals surface area (Å²) in [6.07, 6.45) is 8.16. The van der Waals surface area contributed by atoms with Gasteiger partial charge < -0.3 is 10.2 Å². The van der Waals surface area contributed by atoms with Gasteiger partial charge in [0.2, 0.25) is 0 Å². The molecule has 1 aromatic rings. The van der Waals surface area contributed by atoms with Crippen LogP contribution in [-0.4, -0.2) is 29.1 Å². The highest BCUT2D eigenvalue weighted by Gasteiger charge is 2.26. The largest absolute Gasteiger partial charge is 0.354 e. The molecule has 1 N–H and O–H groups in total. The van der Waals surface area contributed by atoms with Crippen molar-refractivity contribution in [3.05, 3.63) is 17.6 Å². The summed E-state index contributed by atoms with van der Waals surface area (Å²) in [5.74, 6) is 1.18. The summed E-state index contributed by atoms with van der Waals surface area (Å²) in [7, 11) is 0. The molecule has 1 aromatic heterocycles. The zero-order valence-electron chi connectivity index (χ0n) is 11.2. The van der Waals surface area contributed by atoms with Crippen LogP contribution >= 0.6 is 0 Å². The van der Waals surface area contributed by atoms with Crippen LogP contribution in [0.25, 0.3) is 0 Å². The Bertz CT molecular complexity index is 412. The molecule has 0 saturated heterocycles. The van der Waals surface area contributed by atoms with Gasteiger partial charge in [0.1, 0.15) is 12.1 Å². The average molecular weight is 246 g/mol. The van der Waals surface area contributed by atoms with Crippen molar-refractivity contribution in [2.24, 2.45) is 0 Å². The van der Waals surface area contributed by atoms with Gasteiger partial charge in [-0.15, -0.1) is 0 Å². The van der Waals surface area contributed by atoms with Crippen molar-refractivity contribution in [2.45, 2.75) is 51.6 Å². The lowest BCUT2D eigenvalue weighted by Crippen LogP contribution is -2.36. The first-order valence-electron chi connectivity index (χ1n) is 7.20. The molecule has 0 atom stereocenters. The second kappa shape index (κ2) is 5.22. The quantitative estimate of drug-likeness (QED) is 0.884. The Hall–Kier alpha value is -1.16. The van der Waals surface area contributed by atoms with Crippen LogP contribution < -0.4 is 10.2 Å². The Kier molecular flexibility index (Phi) is 3.46. The zero-order chi connectivity index (χ0) is 12.4. The summed E-state index contributed by atoms with van der Waals surface area (Å²) in [4.78, 5) is 11.5. The molecule has 3 rings (SSSR count). The van der Waals surface area contributed by atoms with Gasteiger partial charge in [-0.1, -0.05) is 12.8 Å². The minimum atomic E-state index is 0.691. The fourth-order valence-corrected chi connectivity index (χ4v) is 3.30. The molecule has 18 heavy (non-hydrogen) atoms. The molecule has 0 amide bonds. The molecule has 2 aliphatic rings. The number of nitrogens with zero attached hydrogens (tertiary/aromatic N) is 3. The van der Waals surface area contributed by atoms with Gasteiger partial charge in [0.25, 0.3) is 0 Å². The molecule has 1 aliphatic heterocycles. The summed E-state index contributed by atoms with van der Waals surface area (Å²) in [5.41, 5.74) is 2.58. The summed E-state index contributed by atoms with van der Waals surface area (Å²) >= 11 is 0. The van der Waals surface area contributed by atoms with E-state index in [1.54, 1.807) is 6.33 Å². The predicted octanol–water partition coefficient (Wildman–Crippen LogP) is 1.89. The number of rotatable bonds is 3. The van der Waals surface area contributed by atoms with Gasteiger partial charge in [-0.3, -0.25) is 0 Å². The molecule has 1 aliphatic carbocycles. The van der Waals surface area contributed by atoms with Crippen LogP contribution in [0.5, 0.6) is 0 Å². The van der Waals surface area contributed by atoms with E-state index < -0.39 is 0 Å². The molecule has 4 nitrogen and oxygen atoms in total. The third kappa shape index (κ3) is 2.09. The van der Waals surface area contributed by atoms with Crippen molar-refractivity contribution < 1.29 is 0 Å². The maximum atomic E-state index is 4.58. The second-order valence-corrected chi connectivity index (χ2v) is 5.27. The van der Waals surface area contributed by atoms with E-state index in [4.69, 9.17) is 0 Å². The molecular formula is C14H22N4. The van der Waals surface area contributed by atoms with Gasteiger partial charge in [-0.25, -0.2) is 9.97 Å². The van der Waals surface area contributed by atoms with E-state index in [-0.39, 0.29) is 0 Å². The number of nitrogens with one attached hydrogen (secondary N) is 1. The SMILES string of the molecule is CCN(c1ncnc2c1CNCC2)C1CCCC1. The van der Waals surface area contributed by atoms with Crippen LogP contribution in [0, 0.1) is 0 Å². The van der Waals surface area contributed by atoms with Crippen molar-refractivity contribution in [1.29, 1.82) is 0 Å². The summed E-state index contributed by atoms with van der Waals surface area (Å²) < 4.78 is 0. The summed E-state index contributed by atoms with van der Waals surface area (Å²) in [5, 5.41) is 3.44. The Labute approximate surface area is 109 Å². The molecule has 2 heterocycles. The third-order valence-corrected chi connectivity index (χ3v) is 4.23. The highest BCUT2D eigenvalue weighted by atomic mass is 15.2. The molecule has 1 saturated carbocycles. The Morgan fingerprint density at radius 2 is 2.17 bits per heavy atom. The lowest BCUT2D eigenvalue weighted by Gasteiger charge is -2.32.